The molecular weight excluding hydrogens is 446 g/mol. The molecule has 3 rings (SSSR count). The summed E-state index contributed by atoms with van der Waals surface area (Å²) >= 11 is 9.71. The fourth-order valence-corrected chi connectivity index (χ4v) is 3.10. The lowest BCUT2D eigenvalue weighted by molar-refractivity contribution is 0.0996. The molecule has 0 radical (unpaired) electrons. The van der Waals surface area contributed by atoms with Gasteiger partial charge in [-0.1, -0.05) is 45.7 Å². The Kier molecular flexibility index (Phi) is 6.38. The van der Waals surface area contributed by atoms with Gasteiger partial charge >= 0.3 is 6.03 Å². The predicted molar refractivity (Wildman–Crippen MR) is 113 cm³/mol. The van der Waals surface area contributed by atoms with E-state index in [1.54, 1.807) is 42.3 Å². The Morgan fingerprint density at radius 3 is 2.57 bits per heavy atom. The van der Waals surface area contributed by atoms with Crippen LogP contribution in [0.5, 0.6) is 0 Å². The van der Waals surface area contributed by atoms with Gasteiger partial charge in [-0.05, 0) is 42.0 Å². The number of benzene rings is 2. The van der Waals surface area contributed by atoms with Crippen LogP contribution in [0.4, 0.5) is 16.2 Å². The molecule has 0 spiro atoms. The highest BCUT2D eigenvalue weighted by Gasteiger charge is 2.14. The molecule has 3 amide bonds. The maximum atomic E-state index is 12.4. The van der Waals surface area contributed by atoms with Gasteiger partial charge in [0.15, 0.2) is 5.76 Å². The van der Waals surface area contributed by atoms with E-state index in [1.807, 2.05) is 24.3 Å². The maximum Gasteiger partial charge on any atom is 0.321 e. The molecule has 2 N–H and O–H groups in total. The molecule has 3 aromatic rings. The number of nitrogens with zero attached hydrogens (tertiary/aromatic N) is 1. The first-order valence-corrected chi connectivity index (χ1v) is 9.51. The zero-order valence-corrected chi connectivity index (χ0v) is 17.3. The van der Waals surface area contributed by atoms with Gasteiger partial charge in [0.05, 0.1) is 17.0 Å². The van der Waals surface area contributed by atoms with Gasteiger partial charge in [-0.2, -0.15) is 0 Å². The third kappa shape index (κ3) is 4.94. The minimum atomic E-state index is -0.406. The van der Waals surface area contributed by atoms with E-state index in [0.29, 0.717) is 22.9 Å². The molecule has 0 aliphatic heterocycles. The van der Waals surface area contributed by atoms with Gasteiger partial charge in [-0.15, -0.1) is 0 Å². The molecule has 1 heterocycles. The van der Waals surface area contributed by atoms with Crippen LogP contribution in [0, 0.1) is 0 Å². The van der Waals surface area contributed by atoms with Gasteiger partial charge in [0.25, 0.3) is 5.91 Å². The average molecular weight is 463 g/mol. The van der Waals surface area contributed by atoms with Crippen molar-refractivity contribution < 1.29 is 14.0 Å². The molecule has 0 unspecified atom stereocenters. The number of anilines is 2. The summed E-state index contributed by atoms with van der Waals surface area (Å²) < 4.78 is 5.99. The maximum absolute atomic E-state index is 12.4. The van der Waals surface area contributed by atoms with Crippen LogP contribution < -0.4 is 10.6 Å². The highest BCUT2D eigenvalue weighted by molar-refractivity contribution is 9.10. The third-order valence-electron chi connectivity index (χ3n) is 3.93. The van der Waals surface area contributed by atoms with E-state index in [-0.39, 0.29) is 11.8 Å². The molecule has 0 aliphatic carbocycles. The molecule has 0 saturated heterocycles. The van der Waals surface area contributed by atoms with E-state index in [9.17, 15) is 9.59 Å². The standard InChI is InChI=1S/C20H17BrClN3O3/c1-25(12-13-5-2-3-6-15(13)21)20(27)23-14-8-9-17(16(22)11-14)24-19(26)18-7-4-10-28-18/h2-11H,12H2,1H3,(H,23,27)(H,24,26). The van der Waals surface area contributed by atoms with Gasteiger partial charge in [0.1, 0.15) is 0 Å². The number of rotatable bonds is 5. The van der Waals surface area contributed by atoms with Crippen molar-refractivity contribution in [3.63, 3.8) is 0 Å². The van der Waals surface area contributed by atoms with Crippen LogP contribution in [0.3, 0.4) is 0 Å². The molecular formula is C20H17BrClN3O3. The smallest absolute Gasteiger partial charge is 0.321 e. The summed E-state index contributed by atoms with van der Waals surface area (Å²) in [6.07, 6.45) is 1.42. The number of carbonyl (C=O) groups excluding carboxylic acids is 2. The molecule has 8 heteroatoms. The highest BCUT2D eigenvalue weighted by atomic mass is 79.9. The van der Waals surface area contributed by atoms with Crippen molar-refractivity contribution in [3.8, 4) is 0 Å². The first-order chi connectivity index (χ1) is 13.4. The topological polar surface area (TPSA) is 74.6 Å². The van der Waals surface area contributed by atoms with Crippen molar-refractivity contribution in [2.45, 2.75) is 6.54 Å². The van der Waals surface area contributed by atoms with Crippen LogP contribution >= 0.6 is 27.5 Å². The largest absolute Gasteiger partial charge is 0.459 e. The predicted octanol–water partition coefficient (Wildman–Crippen LogP) is 5.61. The Hall–Kier alpha value is -2.77. The second-order valence-electron chi connectivity index (χ2n) is 6.00. The van der Waals surface area contributed by atoms with Crippen molar-refractivity contribution in [2.24, 2.45) is 0 Å². The summed E-state index contributed by atoms with van der Waals surface area (Å²) in [6.45, 7) is 0.443. The van der Waals surface area contributed by atoms with Crippen LogP contribution in [0.15, 0.2) is 69.8 Å². The lowest BCUT2D eigenvalue weighted by Gasteiger charge is -2.19. The number of furan rings is 1. The highest BCUT2D eigenvalue weighted by Crippen LogP contribution is 2.26. The molecule has 0 bridgehead atoms. The Bertz CT molecular complexity index is 992. The Morgan fingerprint density at radius 1 is 1.11 bits per heavy atom. The molecule has 28 heavy (non-hydrogen) atoms. The number of carbonyl (C=O) groups is 2. The second kappa shape index (κ2) is 8.95. The number of hydrogen-bond acceptors (Lipinski definition) is 3. The van der Waals surface area contributed by atoms with Gasteiger partial charge < -0.3 is 20.0 Å². The van der Waals surface area contributed by atoms with Gasteiger partial charge in [-0.3, -0.25) is 4.79 Å². The summed E-state index contributed by atoms with van der Waals surface area (Å²) in [5.41, 5.74) is 1.93. The quantitative estimate of drug-likeness (QED) is 0.517. The van der Waals surface area contributed by atoms with Crippen molar-refractivity contribution in [3.05, 3.63) is 81.7 Å². The van der Waals surface area contributed by atoms with Crippen molar-refractivity contribution in [1.29, 1.82) is 0 Å². The number of hydrogen-bond donors (Lipinski definition) is 2. The second-order valence-corrected chi connectivity index (χ2v) is 7.27. The normalized spacial score (nSPS) is 10.4. The zero-order chi connectivity index (χ0) is 20.1. The minimum Gasteiger partial charge on any atom is -0.459 e. The van der Waals surface area contributed by atoms with Crippen molar-refractivity contribution in [1.82, 2.24) is 4.90 Å². The molecule has 0 atom stereocenters. The van der Waals surface area contributed by atoms with Crippen molar-refractivity contribution in [2.75, 3.05) is 17.7 Å². The molecule has 0 fully saturated rings. The van der Waals surface area contributed by atoms with E-state index in [4.69, 9.17) is 16.0 Å². The number of urea groups is 1. The van der Waals surface area contributed by atoms with E-state index in [0.717, 1.165) is 10.0 Å². The lowest BCUT2D eigenvalue weighted by Crippen LogP contribution is -2.30. The fraction of sp³-hybridized carbons (Fsp3) is 0.100. The van der Waals surface area contributed by atoms with E-state index < -0.39 is 5.91 Å². The Labute approximate surface area is 175 Å². The molecule has 0 saturated carbocycles. The van der Waals surface area contributed by atoms with Crippen LogP contribution in [0.2, 0.25) is 5.02 Å². The Balaban J connectivity index is 1.62. The number of nitrogens with one attached hydrogen (secondary N) is 2. The molecule has 6 nitrogen and oxygen atoms in total. The van der Waals surface area contributed by atoms with Gasteiger partial charge in [0, 0.05) is 23.8 Å². The van der Waals surface area contributed by atoms with Crippen LogP contribution in [-0.4, -0.2) is 23.9 Å². The number of halogens is 2. The van der Waals surface area contributed by atoms with E-state index >= 15 is 0 Å². The van der Waals surface area contributed by atoms with Crippen LogP contribution in [0.1, 0.15) is 16.1 Å². The Morgan fingerprint density at radius 2 is 1.89 bits per heavy atom. The van der Waals surface area contributed by atoms with Crippen LogP contribution in [-0.2, 0) is 6.54 Å². The minimum absolute atomic E-state index is 0.183. The first kappa shape index (κ1) is 20.0. The van der Waals surface area contributed by atoms with E-state index in [1.165, 1.54) is 6.26 Å². The molecule has 2 aromatic carbocycles. The monoisotopic (exact) mass is 461 g/mol. The molecule has 0 aliphatic rings. The van der Waals surface area contributed by atoms with Crippen molar-refractivity contribution >= 4 is 50.8 Å². The van der Waals surface area contributed by atoms with E-state index in [2.05, 4.69) is 26.6 Å². The summed E-state index contributed by atoms with van der Waals surface area (Å²) in [4.78, 5) is 26.0. The molecule has 144 valence electrons. The average Bonchev–Trinajstić information content (AvgIpc) is 3.20. The summed E-state index contributed by atoms with van der Waals surface area (Å²) in [6, 6.07) is 15.5. The summed E-state index contributed by atoms with van der Waals surface area (Å²) in [7, 11) is 1.70. The molecule has 1 aromatic heterocycles. The number of amides is 3. The fourth-order valence-electron chi connectivity index (χ4n) is 2.46. The lowest BCUT2D eigenvalue weighted by atomic mass is 10.2. The van der Waals surface area contributed by atoms with Crippen LogP contribution in [0.25, 0.3) is 0 Å². The SMILES string of the molecule is CN(Cc1ccccc1Br)C(=O)Nc1ccc(NC(=O)c2ccco2)c(Cl)c1. The summed E-state index contributed by atoms with van der Waals surface area (Å²) in [5, 5.41) is 5.75. The van der Waals surface area contributed by atoms with Gasteiger partial charge in [-0.25, -0.2) is 4.79 Å². The van der Waals surface area contributed by atoms with Gasteiger partial charge in [0.2, 0.25) is 0 Å². The zero-order valence-electron chi connectivity index (χ0n) is 14.9. The first-order valence-electron chi connectivity index (χ1n) is 8.34. The summed E-state index contributed by atoms with van der Waals surface area (Å²) in [5.74, 6) is -0.223. The third-order valence-corrected chi connectivity index (χ3v) is 5.01.